The first-order valence-corrected chi connectivity index (χ1v) is 9.64. The van der Waals surface area contributed by atoms with Crippen LogP contribution in [0, 0.1) is 6.92 Å². The normalized spacial score (nSPS) is 14.3. The van der Waals surface area contributed by atoms with Gasteiger partial charge in [-0.2, -0.15) is 4.98 Å². The van der Waals surface area contributed by atoms with Crippen LogP contribution < -0.4 is 10.6 Å². The van der Waals surface area contributed by atoms with Gasteiger partial charge in [-0.05, 0) is 49.6 Å². The SMILES string of the molecule is Cc1ccc(Nc2cc(-c3ccncc3)nc(NC3CCCC3)n2)cc1Cl. The second-order valence-corrected chi connectivity index (χ2v) is 7.32. The maximum absolute atomic E-state index is 6.26. The maximum atomic E-state index is 6.26. The lowest BCUT2D eigenvalue weighted by Crippen LogP contribution is -2.17. The molecule has 6 heteroatoms. The molecule has 0 saturated heterocycles. The molecule has 2 heterocycles. The van der Waals surface area contributed by atoms with E-state index < -0.39 is 0 Å². The van der Waals surface area contributed by atoms with Crippen LogP contribution in [-0.4, -0.2) is 21.0 Å². The minimum Gasteiger partial charge on any atom is -0.351 e. The van der Waals surface area contributed by atoms with Crippen molar-refractivity contribution in [1.82, 2.24) is 15.0 Å². The van der Waals surface area contributed by atoms with E-state index in [-0.39, 0.29) is 0 Å². The van der Waals surface area contributed by atoms with Gasteiger partial charge in [-0.3, -0.25) is 4.98 Å². The number of hydrogen-bond acceptors (Lipinski definition) is 5. The molecule has 3 aromatic rings. The zero-order valence-electron chi connectivity index (χ0n) is 15.2. The van der Waals surface area contributed by atoms with Crippen molar-refractivity contribution in [3.05, 3.63) is 59.4 Å². The number of aryl methyl sites for hydroxylation is 1. The molecule has 2 N–H and O–H groups in total. The Morgan fingerprint density at radius 1 is 1.00 bits per heavy atom. The van der Waals surface area contributed by atoms with Gasteiger partial charge >= 0.3 is 0 Å². The fraction of sp³-hybridized carbons (Fsp3) is 0.286. The lowest BCUT2D eigenvalue weighted by Gasteiger charge is -2.15. The molecular weight excluding hydrogens is 358 g/mol. The summed E-state index contributed by atoms with van der Waals surface area (Å²) in [7, 11) is 0. The van der Waals surface area contributed by atoms with Crippen LogP contribution in [0.3, 0.4) is 0 Å². The maximum Gasteiger partial charge on any atom is 0.225 e. The molecule has 138 valence electrons. The minimum absolute atomic E-state index is 0.444. The summed E-state index contributed by atoms with van der Waals surface area (Å²) in [5.41, 5.74) is 3.81. The smallest absolute Gasteiger partial charge is 0.225 e. The number of nitrogens with zero attached hydrogens (tertiary/aromatic N) is 3. The number of halogens is 1. The van der Waals surface area contributed by atoms with E-state index in [0.29, 0.717) is 12.0 Å². The summed E-state index contributed by atoms with van der Waals surface area (Å²) in [5.74, 6) is 1.38. The second-order valence-electron chi connectivity index (χ2n) is 6.91. The Balaban J connectivity index is 1.67. The summed E-state index contributed by atoms with van der Waals surface area (Å²) < 4.78 is 0. The van der Waals surface area contributed by atoms with Gasteiger partial charge in [0.1, 0.15) is 5.82 Å². The zero-order valence-corrected chi connectivity index (χ0v) is 16.0. The van der Waals surface area contributed by atoms with Gasteiger partial charge in [0.05, 0.1) is 5.69 Å². The van der Waals surface area contributed by atoms with Gasteiger partial charge in [-0.15, -0.1) is 0 Å². The first-order chi connectivity index (χ1) is 13.2. The van der Waals surface area contributed by atoms with Crippen molar-refractivity contribution in [1.29, 1.82) is 0 Å². The molecule has 1 aromatic carbocycles. The van der Waals surface area contributed by atoms with Crippen molar-refractivity contribution >= 4 is 29.1 Å². The second kappa shape index (κ2) is 7.92. The highest BCUT2D eigenvalue weighted by Crippen LogP contribution is 2.27. The van der Waals surface area contributed by atoms with Crippen molar-refractivity contribution < 1.29 is 0 Å². The van der Waals surface area contributed by atoms with Crippen molar-refractivity contribution in [2.75, 3.05) is 10.6 Å². The largest absolute Gasteiger partial charge is 0.351 e. The number of pyridine rings is 1. The molecule has 0 aliphatic heterocycles. The molecule has 0 spiro atoms. The van der Waals surface area contributed by atoms with E-state index in [2.05, 4.69) is 20.6 Å². The third kappa shape index (κ3) is 4.37. The van der Waals surface area contributed by atoms with E-state index in [0.717, 1.165) is 33.3 Å². The molecule has 27 heavy (non-hydrogen) atoms. The standard InChI is InChI=1S/C21H22ClN5/c1-14-6-7-17(12-18(14)22)24-20-13-19(15-8-10-23-11-9-15)26-21(27-20)25-16-4-2-3-5-16/h6-13,16H,2-5H2,1H3,(H2,24,25,26,27). The van der Waals surface area contributed by atoms with Gasteiger partial charge in [-0.1, -0.05) is 30.5 Å². The fourth-order valence-electron chi connectivity index (χ4n) is 3.32. The summed E-state index contributed by atoms with van der Waals surface area (Å²) in [6, 6.07) is 12.2. The van der Waals surface area contributed by atoms with E-state index >= 15 is 0 Å². The van der Waals surface area contributed by atoms with Gasteiger partial charge in [0, 0.05) is 40.8 Å². The summed E-state index contributed by atoms with van der Waals surface area (Å²) in [6.45, 7) is 1.99. The highest BCUT2D eigenvalue weighted by molar-refractivity contribution is 6.31. The van der Waals surface area contributed by atoms with Crippen LogP contribution >= 0.6 is 11.6 Å². The van der Waals surface area contributed by atoms with E-state index in [1.165, 1.54) is 25.7 Å². The number of anilines is 3. The van der Waals surface area contributed by atoms with Crippen LogP contribution in [0.4, 0.5) is 17.5 Å². The Morgan fingerprint density at radius 3 is 2.52 bits per heavy atom. The molecule has 1 aliphatic rings. The Hall–Kier alpha value is -2.66. The van der Waals surface area contributed by atoms with Crippen LogP contribution in [0.25, 0.3) is 11.3 Å². The van der Waals surface area contributed by atoms with Crippen LogP contribution in [-0.2, 0) is 0 Å². The molecule has 0 amide bonds. The van der Waals surface area contributed by atoms with Gasteiger partial charge in [0.15, 0.2) is 0 Å². The van der Waals surface area contributed by atoms with Crippen LogP contribution in [0.5, 0.6) is 0 Å². The summed E-state index contributed by atoms with van der Waals surface area (Å²) in [6.07, 6.45) is 8.39. The van der Waals surface area contributed by atoms with Crippen molar-refractivity contribution in [2.24, 2.45) is 0 Å². The molecule has 0 unspecified atom stereocenters. The van der Waals surface area contributed by atoms with Gasteiger partial charge in [0.25, 0.3) is 0 Å². The third-order valence-corrected chi connectivity index (χ3v) is 5.24. The Kier molecular flexibility index (Phi) is 5.21. The number of nitrogens with one attached hydrogen (secondary N) is 2. The number of aromatic nitrogens is 3. The number of benzene rings is 1. The topological polar surface area (TPSA) is 62.7 Å². The third-order valence-electron chi connectivity index (χ3n) is 4.83. The molecule has 1 fully saturated rings. The Bertz CT molecular complexity index is 923. The molecule has 4 rings (SSSR count). The van der Waals surface area contributed by atoms with Gasteiger partial charge in [-0.25, -0.2) is 4.98 Å². The van der Waals surface area contributed by atoms with Crippen molar-refractivity contribution in [3.8, 4) is 11.3 Å². The highest BCUT2D eigenvalue weighted by Gasteiger charge is 2.17. The Labute approximate surface area is 164 Å². The Morgan fingerprint density at radius 2 is 1.78 bits per heavy atom. The zero-order chi connectivity index (χ0) is 18.6. The lowest BCUT2D eigenvalue weighted by atomic mass is 10.2. The van der Waals surface area contributed by atoms with Crippen molar-refractivity contribution in [2.45, 2.75) is 38.6 Å². The molecule has 1 saturated carbocycles. The van der Waals surface area contributed by atoms with Gasteiger partial charge < -0.3 is 10.6 Å². The molecule has 1 aliphatic carbocycles. The van der Waals surface area contributed by atoms with Gasteiger partial charge in [0.2, 0.25) is 5.95 Å². The molecule has 0 bridgehead atoms. The number of rotatable bonds is 5. The average molecular weight is 380 g/mol. The first-order valence-electron chi connectivity index (χ1n) is 9.26. The van der Waals surface area contributed by atoms with Crippen molar-refractivity contribution in [3.63, 3.8) is 0 Å². The van der Waals surface area contributed by atoms with E-state index in [4.69, 9.17) is 16.6 Å². The monoisotopic (exact) mass is 379 g/mol. The van der Waals surface area contributed by atoms with Crippen LogP contribution in [0.2, 0.25) is 5.02 Å². The van der Waals surface area contributed by atoms with E-state index in [1.54, 1.807) is 12.4 Å². The molecule has 5 nitrogen and oxygen atoms in total. The van der Waals surface area contributed by atoms with E-state index in [1.807, 2.05) is 43.3 Å². The number of hydrogen-bond donors (Lipinski definition) is 2. The fourth-order valence-corrected chi connectivity index (χ4v) is 3.50. The average Bonchev–Trinajstić information content (AvgIpc) is 3.18. The van der Waals surface area contributed by atoms with E-state index in [9.17, 15) is 0 Å². The van der Waals surface area contributed by atoms with Crippen LogP contribution in [0.15, 0.2) is 48.8 Å². The summed E-state index contributed by atoms with van der Waals surface area (Å²) >= 11 is 6.26. The minimum atomic E-state index is 0.444. The first kappa shape index (κ1) is 17.7. The molecule has 0 atom stereocenters. The molecule has 0 radical (unpaired) electrons. The van der Waals surface area contributed by atoms with Crippen LogP contribution in [0.1, 0.15) is 31.2 Å². The highest BCUT2D eigenvalue weighted by atomic mass is 35.5. The molecular formula is C21H22ClN5. The lowest BCUT2D eigenvalue weighted by molar-refractivity contribution is 0.744. The predicted octanol–water partition coefficient (Wildman–Crippen LogP) is 5.60. The quantitative estimate of drug-likeness (QED) is 0.604. The summed E-state index contributed by atoms with van der Waals surface area (Å²) in [5, 5.41) is 7.58. The molecule has 2 aromatic heterocycles. The predicted molar refractivity (Wildman–Crippen MR) is 111 cm³/mol. The summed E-state index contributed by atoms with van der Waals surface area (Å²) in [4.78, 5) is 13.5.